The first-order valence-corrected chi connectivity index (χ1v) is 5.76. The number of hydrogen-bond acceptors (Lipinski definition) is 4. The molecule has 0 amide bonds. The summed E-state index contributed by atoms with van der Waals surface area (Å²) in [4.78, 5) is 39.3. The van der Waals surface area contributed by atoms with Gasteiger partial charge in [0.05, 0.1) is 12.5 Å². The van der Waals surface area contributed by atoms with E-state index in [1.165, 1.54) is 0 Å². The first-order valence-electron chi connectivity index (χ1n) is 5.76. The van der Waals surface area contributed by atoms with Crippen LogP contribution in [0.4, 0.5) is 0 Å². The third-order valence-corrected chi connectivity index (χ3v) is 4.13. The highest BCUT2D eigenvalue weighted by molar-refractivity contribution is 6.09. The van der Waals surface area contributed by atoms with E-state index >= 15 is 0 Å². The van der Waals surface area contributed by atoms with E-state index in [0.29, 0.717) is 19.3 Å². The van der Waals surface area contributed by atoms with Gasteiger partial charge in [0.2, 0.25) is 0 Å². The smallest absolute Gasteiger partial charge is 0.144 e. The van der Waals surface area contributed by atoms with Crippen LogP contribution in [0.15, 0.2) is 4.99 Å². The van der Waals surface area contributed by atoms with Gasteiger partial charge in [-0.05, 0) is 12.8 Å². The normalized spacial score (nSPS) is 42.1. The Labute approximate surface area is 93.1 Å². The zero-order valence-corrected chi connectivity index (χ0v) is 8.89. The highest BCUT2D eigenvalue weighted by atomic mass is 16.2. The van der Waals surface area contributed by atoms with Gasteiger partial charge in [0, 0.05) is 30.4 Å². The monoisotopic (exact) mass is 219 g/mol. The van der Waals surface area contributed by atoms with Crippen LogP contribution in [0, 0.1) is 17.8 Å². The standard InChI is InChI=1S/C12H13NO3/c14-10-1-2-13-9-4-7-6(3-8(9)10)11(15)5-12(7)16/h2,6-9H,1,3-5H2/t6-,7+,8-,9+/m1/s1. The highest BCUT2D eigenvalue weighted by Crippen LogP contribution is 2.43. The van der Waals surface area contributed by atoms with Crippen molar-refractivity contribution in [3.8, 4) is 0 Å². The second-order valence-electron chi connectivity index (χ2n) is 4.97. The molecule has 0 unspecified atom stereocenters. The number of ketones is 3. The third kappa shape index (κ3) is 1.29. The lowest BCUT2D eigenvalue weighted by atomic mass is 9.70. The second kappa shape index (κ2) is 3.34. The fraction of sp³-hybridized carbons (Fsp3) is 0.667. The molecular weight excluding hydrogens is 206 g/mol. The first kappa shape index (κ1) is 9.87. The van der Waals surface area contributed by atoms with Crippen molar-refractivity contribution in [1.82, 2.24) is 0 Å². The van der Waals surface area contributed by atoms with Gasteiger partial charge in [-0.15, -0.1) is 0 Å². The maximum atomic E-state index is 11.7. The first-order chi connectivity index (χ1) is 7.66. The SMILES string of the molecule is O=C1CC(=O)[C@@H]2C[C@H]3C(=O)CC=N[C@H]3C[C@H]12. The van der Waals surface area contributed by atoms with E-state index in [-0.39, 0.29) is 47.6 Å². The van der Waals surface area contributed by atoms with E-state index in [4.69, 9.17) is 0 Å². The number of hydrogen-bond donors (Lipinski definition) is 0. The van der Waals surface area contributed by atoms with Gasteiger partial charge >= 0.3 is 0 Å². The lowest BCUT2D eigenvalue weighted by molar-refractivity contribution is -0.129. The van der Waals surface area contributed by atoms with Gasteiger partial charge in [-0.3, -0.25) is 19.4 Å². The number of nitrogens with zero attached hydrogens (tertiary/aromatic N) is 1. The average molecular weight is 219 g/mol. The summed E-state index contributed by atoms with van der Waals surface area (Å²) in [5, 5.41) is 0. The van der Waals surface area contributed by atoms with Crippen molar-refractivity contribution in [3.63, 3.8) is 0 Å². The molecule has 4 heteroatoms. The van der Waals surface area contributed by atoms with E-state index < -0.39 is 0 Å². The summed E-state index contributed by atoms with van der Waals surface area (Å²) in [6, 6.07) is -0.0441. The number of carbonyl (C=O) groups excluding carboxylic acids is 3. The van der Waals surface area contributed by atoms with Gasteiger partial charge in [0.25, 0.3) is 0 Å². The second-order valence-corrected chi connectivity index (χ2v) is 4.97. The molecule has 0 N–H and O–H groups in total. The Morgan fingerprint density at radius 3 is 2.38 bits per heavy atom. The number of rotatable bonds is 0. The van der Waals surface area contributed by atoms with Crippen LogP contribution in [0.1, 0.15) is 25.7 Å². The zero-order chi connectivity index (χ0) is 11.3. The summed E-state index contributed by atoms with van der Waals surface area (Å²) in [5.41, 5.74) is 0. The summed E-state index contributed by atoms with van der Waals surface area (Å²) in [7, 11) is 0. The van der Waals surface area contributed by atoms with Crippen molar-refractivity contribution in [3.05, 3.63) is 0 Å². The molecule has 3 rings (SSSR count). The summed E-state index contributed by atoms with van der Waals surface area (Å²) >= 11 is 0. The predicted molar refractivity (Wildman–Crippen MR) is 56.2 cm³/mol. The molecule has 16 heavy (non-hydrogen) atoms. The number of fused-ring (bicyclic) bond motifs is 2. The molecule has 4 nitrogen and oxygen atoms in total. The van der Waals surface area contributed by atoms with Gasteiger partial charge in [0.15, 0.2) is 0 Å². The third-order valence-electron chi connectivity index (χ3n) is 4.13. The lowest BCUT2D eigenvalue weighted by Crippen LogP contribution is -2.41. The van der Waals surface area contributed by atoms with Crippen molar-refractivity contribution in [1.29, 1.82) is 0 Å². The van der Waals surface area contributed by atoms with Crippen LogP contribution in [0.3, 0.4) is 0 Å². The minimum atomic E-state index is -0.189. The Kier molecular flexibility index (Phi) is 2.06. The Morgan fingerprint density at radius 1 is 0.938 bits per heavy atom. The molecule has 0 bridgehead atoms. The average Bonchev–Trinajstić information content (AvgIpc) is 2.53. The number of aliphatic imine (C=N–C) groups is 1. The predicted octanol–water partition coefficient (Wildman–Crippen LogP) is 0.583. The van der Waals surface area contributed by atoms with E-state index in [1.807, 2.05) is 0 Å². The van der Waals surface area contributed by atoms with Crippen LogP contribution in [-0.4, -0.2) is 29.6 Å². The molecule has 2 aliphatic carbocycles. The summed E-state index contributed by atoms with van der Waals surface area (Å²) in [6.45, 7) is 0. The van der Waals surface area contributed by atoms with Crippen LogP contribution in [-0.2, 0) is 14.4 Å². The topological polar surface area (TPSA) is 63.6 Å². The molecule has 84 valence electrons. The quantitative estimate of drug-likeness (QED) is 0.560. The molecule has 0 saturated heterocycles. The van der Waals surface area contributed by atoms with Gasteiger partial charge in [0.1, 0.15) is 17.3 Å². The molecule has 2 saturated carbocycles. The van der Waals surface area contributed by atoms with Crippen molar-refractivity contribution < 1.29 is 14.4 Å². The Hall–Kier alpha value is -1.32. The van der Waals surface area contributed by atoms with Crippen LogP contribution in [0.25, 0.3) is 0 Å². The molecule has 0 spiro atoms. The van der Waals surface area contributed by atoms with Gasteiger partial charge < -0.3 is 0 Å². The fourth-order valence-electron chi connectivity index (χ4n) is 3.27. The molecule has 0 radical (unpaired) electrons. The van der Waals surface area contributed by atoms with Gasteiger partial charge in [-0.25, -0.2) is 0 Å². The highest BCUT2D eigenvalue weighted by Gasteiger charge is 2.50. The van der Waals surface area contributed by atoms with Gasteiger partial charge in [-0.2, -0.15) is 0 Å². The molecule has 0 aromatic rings. The molecule has 4 atom stereocenters. The maximum Gasteiger partial charge on any atom is 0.144 e. The Balaban J connectivity index is 1.90. The van der Waals surface area contributed by atoms with Crippen LogP contribution in [0.5, 0.6) is 0 Å². The largest absolute Gasteiger partial charge is 0.299 e. The maximum absolute atomic E-state index is 11.7. The van der Waals surface area contributed by atoms with Crippen LogP contribution >= 0.6 is 0 Å². The molecule has 1 heterocycles. The van der Waals surface area contributed by atoms with E-state index in [9.17, 15) is 14.4 Å². The van der Waals surface area contributed by atoms with E-state index in [0.717, 1.165) is 0 Å². The molecule has 3 aliphatic rings. The van der Waals surface area contributed by atoms with Crippen LogP contribution in [0.2, 0.25) is 0 Å². The molecule has 2 fully saturated rings. The summed E-state index contributed by atoms with van der Waals surface area (Å²) in [5.74, 6) is -0.174. The lowest BCUT2D eigenvalue weighted by Gasteiger charge is -2.35. The summed E-state index contributed by atoms with van der Waals surface area (Å²) in [6.07, 6.45) is 3.27. The van der Waals surface area contributed by atoms with Gasteiger partial charge in [-0.1, -0.05) is 0 Å². The number of carbonyl (C=O) groups is 3. The Bertz CT molecular complexity index is 404. The minimum absolute atomic E-state index is 0.0378. The minimum Gasteiger partial charge on any atom is -0.299 e. The van der Waals surface area contributed by atoms with E-state index in [2.05, 4.69) is 4.99 Å². The van der Waals surface area contributed by atoms with E-state index in [1.54, 1.807) is 6.21 Å². The fourth-order valence-corrected chi connectivity index (χ4v) is 3.27. The Morgan fingerprint density at radius 2 is 1.62 bits per heavy atom. The molecule has 0 aromatic heterocycles. The van der Waals surface area contributed by atoms with Crippen molar-refractivity contribution >= 4 is 23.6 Å². The van der Waals surface area contributed by atoms with Crippen molar-refractivity contribution in [2.24, 2.45) is 22.7 Å². The number of Topliss-reactive ketones (excluding diaryl/α,β-unsaturated/α-hetero) is 3. The van der Waals surface area contributed by atoms with Crippen molar-refractivity contribution in [2.75, 3.05) is 0 Å². The van der Waals surface area contributed by atoms with Crippen molar-refractivity contribution in [2.45, 2.75) is 31.7 Å². The molecule has 1 aliphatic heterocycles. The van der Waals surface area contributed by atoms with Crippen LogP contribution < -0.4 is 0 Å². The zero-order valence-electron chi connectivity index (χ0n) is 8.89. The summed E-state index contributed by atoms with van der Waals surface area (Å²) < 4.78 is 0. The molecule has 0 aromatic carbocycles. The molecular formula is C12H13NO3.